The quantitative estimate of drug-likeness (QED) is 0.532. The second-order valence-corrected chi connectivity index (χ2v) is 5.57. The Bertz CT molecular complexity index is 127. The molecule has 0 spiro atoms. The molecule has 0 saturated heterocycles. The molecule has 0 aliphatic carbocycles. The van der Waals surface area contributed by atoms with Crippen LogP contribution in [0.25, 0.3) is 0 Å². The third-order valence-corrected chi connectivity index (χ3v) is 2.66. The topological polar surface area (TPSA) is 9.23 Å². The molecule has 0 radical (unpaired) electrons. The normalized spacial score (nSPS) is 12.4. The minimum atomic E-state index is 0.529. The Kier molecular flexibility index (Phi) is 7.26. The second kappa shape index (κ2) is 7.28. The Balaban J connectivity index is 3.45. The van der Waals surface area contributed by atoms with E-state index in [1.807, 2.05) is 0 Å². The van der Waals surface area contributed by atoms with Crippen LogP contribution >= 0.6 is 0 Å². The van der Waals surface area contributed by atoms with Crippen molar-refractivity contribution in [3.05, 3.63) is 0 Å². The van der Waals surface area contributed by atoms with Crippen molar-refractivity contribution in [1.82, 2.24) is 0 Å². The van der Waals surface area contributed by atoms with Crippen molar-refractivity contribution in [1.29, 1.82) is 0 Å². The van der Waals surface area contributed by atoms with Gasteiger partial charge in [0.25, 0.3) is 0 Å². The molecule has 14 heavy (non-hydrogen) atoms. The molecule has 0 saturated carbocycles. The van der Waals surface area contributed by atoms with Gasteiger partial charge in [0.1, 0.15) is 0 Å². The molecule has 0 unspecified atom stereocenters. The fourth-order valence-electron chi connectivity index (χ4n) is 2.23. The number of rotatable bonds is 8. The Hall–Kier alpha value is -0.0400. The lowest BCUT2D eigenvalue weighted by atomic mass is 9.80. The molecule has 0 aromatic rings. The minimum Gasteiger partial charge on any atom is -0.385 e. The molecular weight excluding hydrogens is 172 g/mol. The van der Waals surface area contributed by atoms with Crippen molar-refractivity contribution in [2.24, 2.45) is 11.3 Å². The van der Waals surface area contributed by atoms with Gasteiger partial charge in [0.15, 0.2) is 0 Å². The zero-order chi connectivity index (χ0) is 11.0. The van der Waals surface area contributed by atoms with Crippen LogP contribution in [0.15, 0.2) is 0 Å². The average Bonchev–Trinajstić information content (AvgIpc) is 2.01. The molecule has 0 heterocycles. The van der Waals surface area contributed by atoms with Gasteiger partial charge in [-0.1, -0.05) is 40.5 Å². The van der Waals surface area contributed by atoms with Crippen LogP contribution < -0.4 is 0 Å². The Morgan fingerprint density at radius 1 is 1.07 bits per heavy atom. The molecule has 0 bridgehead atoms. The van der Waals surface area contributed by atoms with Crippen LogP contribution in [-0.2, 0) is 4.74 Å². The molecule has 86 valence electrons. The summed E-state index contributed by atoms with van der Waals surface area (Å²) in [5, 5.41) is 0. The third-order valence-electron chi connectivity index (χ3n) is 2.66. The van der Waals surface area contributed by atoms with E-state index in [1.54, 1.807) is 7.11 Å². The molecule has 0 atom stereocenters. The minimum absolute atomic E-state index is 0.529. The number of ether oxygens (including phenoxy) is 1. The Labute approximate surface area is 90.2 Å². The van der Waals surface area contributed by atoms with Crippen molar-refractivity contribution < 1.29 is 4.74 Å². The van der Waals surface area contributed by atoms with Crippen molar-refractivity contribution in [3.63, 3.8) is 0 Å². The Morgan fingerprint density at radius 2 is 1.71 bits per heavy atom. The summed E-state index contributed by atoms with van der Waals surface area (Å²) in [6, 6.07) is 0. The molecule has 0 aliphatic heterocycles. The lowest BCUT2D eigenvalue weighted by Gasteiger charge is -2.26. The van der Waals surface area contributed by atoms with E-state index in [1.165, 1.54) is 32.1 Å². The summed E-state index contributed by atoms with van der Waals surface area (Å²) >= 11 is 0. The number of hydrogen-bond donors (Lipinski definition) is 0. The highest BCUT2D eigenvalue weighted by Gasteiger charge is 2.18. The highest BCUT2D eigenvalue weighted by Crippen LogP contribution is 2.31. The second-order valence-electron chi connectivity index (χ2n) is 5.57. The summed E-state index contributed by atoms with van der Waals surface area (Å²) < 4.78 is 5.04. The van der Waals surface area contributed by atoms with Crippen LogP contribution in [0.5, 0.6) is 0 Å². The van der Waals surface area contributed by atoms with E-state index >= 15 is 0 Å². The SMILES string of the molecule is COCCCCCC(C)(C)CC(C)C. The first-order valence-electron chi connectivity index (χ1n) is 5.97. The molecular formula is C13H28O. The average molecular weight is 200 g/mol. The summed E-state index contributed by atoms with van der Waals surface area (Å²) in [5.41, 5.74) is 0.529. The zero-order valence-corrected chi connectivity index (χ0v) is 10.7. The van der Waals surface area contributed by atoms with Gasteiger partial charge in [-0.2, -0.15) is 0 Å². The van der Waals surface area contributed by atoms with Crippen LogP contribution in [0, 0.1) is 11.3 Å². The summed E-state index contributed by atoms with van der Waals surface area (Å²) in [6.07, 6.45) is 6.58. The van der Waals surface area contributed by atoms with Gasteiger partial charge in [0.05, 0.1) is 0 Å². The molecule has 0 rings (SSSR count). The van der Waals surface area contributed by atoms with Gasteiger partial charge in [-0.3, -0.25) is 0 Å². The highest BCUT2D eigenvalue weighted by atomic mass is 16.5. The molecule has 0 N–H and O–H groups in total. The van der Waals surface area contributed by atoms with E-state index in [4.69, 9.17) is 4.74 Å². The van der Waals surface area contributed by atoms with Gasteiger partial charge in [0.2, 0.25) is 0 Å². The maximum absolute atomic E-state index is 5.04. The zero-order valence-electron chi connectivity index (χ0n) is 10.7. The summed E-state index contributed by atoms with van der Waals surface area (Å²) in [7, 11) is 1.78. The molecule has 0 aromatic carbocycles. The smallest absolute Gasteiger partial charge is 0.0462 e. The van der Waals surface area contributed by atoms with Gasteiger partial charge >= 0.3 is 0 Å². The van der Waals surface area contributed by atoms with Crippen LogP contribution in [0.2, 0.25) is 0 Å². The first kappa shape index (κ1) is 14.0. The van der Waals surface area contributed by atoms with E-state index in [2.05, 4.69) is 27.7 Å². The molecule has 1 nitrogen and oxygen atoms in total. The van der Waals surface area contributed by atoms with Crippen LogP contribution in [0.1, 0.15) is 59.8 Å². The lowest BCUT2D eigenvalue weighted by Crippen LogP contribution is -2.14. The molecule has 0 amide bonds. The van der Waals surface area contributed by atoms with Crippen molar-refractivity contribution in [2.45, 2.75) is 59.8 Å². The molecule has 1 heteroatoms. The molecule has 0 aliphatic rings. The maximum atomic E-state index is 5.04. The van der Waals surface area contributed by atoms with E-state index in [-0.39, 0.29) is 0 Å². The summed E-state index contributed by atoms with van der Waals surface area (Å²) in [5.74, 6) is 0.823. The monoisotopic (exact) mass is 200 g/mol. The number of unbranched alkanes of at least 4 members (excludes halogenated alkanes) is 2. The maximum Gasteiger partial charge on any atom is 0.0462 e. The first-order valence-corrected chi connectivity index (χ1v) is 5.97. The number of hydrogen-bond acceptors (Lipinski definition) is 1. The summed E-state index contributed by atoms with van der Waals surface area (Å²) in [4.78, 5) is 0. The standard InChI is InChI=1S/C13H28O/c1-12(2)11-13(3,4)9-7-6-8-10-14-5/h12H,6-11H2,1-5H3. The van der Waals surface area contributed by atoms with Gasteiger partial charge in [0, 0.05) is 13.7 Å². The van der Waals surface area contributed by atoms with Crippen LogP contribution in [0.3, 0.4) is 0 Å². The van der Waals surface area contributed by atoms with Gasteiger partial charge < -0.3 is 4.74 Å². The van der Waals surface area contributed by atoms with E-state index in [0.29, 0.717) is 5.41 Å². The van der Waals surface area contributed by atoms with Gasteiger partial charge in [-0.15, -0.1) is 0 Å². The van der Waals surface area contributed by atoms with Crippen molar-refractivity contribution in [2.75, 3.05) is 13.7 Å². The van der Waals surface area contributed by atoms with Gasteiger partial charge in [-0.05, 0) is 30.6 Å². The fraction of sp³-hybridized carbons (Fsp3) is 1.00. The van der Waals surface area contributed by atoms with E-state index < -0.39 is 0 Å². The van der Waals surface area contributed by atoms with Crippen LogP contribution in [0.4, 0.5) is 0 Å². The van der Waals surface area contributed by atoms with Crippen LogP contribution in [-0.4, -0.2) is 13.7 Å². The van der Waals surface area contributed by atoms with E-state index in [0.717, 1.165) is 12.5 Å². The molecule has 0 fully saturated rings. The third kappa shape index (κ3) is 8.55. The largest absolute Gasteiger partial charge is 0.385 e. The predicted molar refractivity (Wildman–Crippen MR) is 63.6 cm³/mol. The lowest BCUT2D eigenvalue weighted by molar-refractivity contribution is 0.188. The highest BCUT2D eigenvalue weighted by molar-refractivity contribution is 4.70. The predicted octanol–water partition coefficient (Wildman–Crippen LogP) is 4.27. The molecule has 0 aromatic heterocycles. The Morgan fingerprint density at radius 3 is 2.21 bits per heavy atom. The summed E-state index contributed by atoms with van der Waals surface area (Å²) in [6.45, 7) is 10.3. The van der Waals surface area contributed by atoms with Crippen molar-refractivity contribution >= 4 is 0 Å². The van der Waals surface area contributed by atoms with Gasteiger partial charge in [-0.25, -0.2) is 0 Å². The fourth-order valence-corrected chi connectivity index (χ4v) is 2.23. The number of methoxy groups -OCH3 is 1. The van der Waals surface area contributed by atoms with Crippen molar-refractivity contribution in [3.8, 4) is 0 Å². The first-order chi connectivity index (χ1) is 6.48. The van der Waals surface area contributed by atoms with E-state index in [9.17, 15) is 0 Å².